The highest BCUT2D eigenvalue weighted by Crippen LogP contribution is 2.12. The van der Waals surface area contributed by atoms with E-state index in [0.29, 0.717) is 6.61 Å². The summed E-state index contributed by atoms with van der Waals surface area (Å²) in [5.41, 5.74) is 1.34. The molecule has 1 heterocycles. The first-order chi connectivity index (χ1) is 9.38. The van der Waals surface area contributed by atoms with E-state index in [4.69, 9.17) is 9.47 Å². The van der Waals surface area contributed by atoms with Crippen molar-refractivity contribution in [2.24, 2.45) is 0 Å². The molecule has 0 atom stereocenters. The zero-order chi connectivity index (χ0) is 13.3. The van der Waals surface area contributed by atoms with E-state index in [9.17, 15) is 0 Å². The van der Waals surface area contributed by atoms with Crippen molar-refractivity contribution >= 4 is 12.4 Å². The van der Waals surface area contributed by atoms with Crippen LogP contribution in [0.15, 0.2) is 36.4 Å². The minimum absolute atomic E-state index is 0. The fourth-order valence-electron chi connectivity index (χ4n) is 2.04. The Hall–Kier alpha value is -1.03. The maximum absolute atomic E-state index is 5.66. The molecule has 112 valence electrons. The molecule has 0 saturated carbocycles. The summed E-state index contributed by atoms with van der Waals surface area (Å²) in [6.45, 7) is 7.55. The first-order valence-corrected chi connectivity index (χ1v) is 7.05. The van der Waals surface area contributed by atoms with Crippen LogP contribution in [0.3, 0.4) is 0 Å². The van der Waals surface area contributed by atoms with Crippen LogP contribution >= 0.6 is 12.4 Å². The number of aryl methyl sites for hydroxylation is 1. The van der Waals surface area contributed by atoms with Crippen LogP contribution in [0.5, 0.6) is 5.75 Å². The van der Waals surface area contributed by atoms with Crippen LogP contribution < -0.4 is 4.74 Å². The van der Waals surface area contributed by atoms with E-state index in [-0.39, 0.29) is 12.4 Å². The Morgan fingerprint density at radius 1 is 1.15 bits per heavy atom. The maximum atomic E-state index is 5.66. The summed E-state index contributed by atoms with van der Waals surface area (Å²) in [4.78, 5) is 2.38. The summed E-state index contributed by atoms with van der Waals surface area (Å²) in [5.74, 6) is 0.938. The van der Waals surface area contributed by atoms with Crippen LogP contribution in [-0.4, -0.2) is 44.4 Å². The first-order valence-electron chi connectivity index (χ1n) is 7.05. The van der Waals surface area contributed by atoms with Crippen LogP contribution in [0.1, 0.15) is 12.5 Å². The van der Waals surface area contributed by atoms with E-state index < -0.39 is 0 Å². The molecule has 2 rings (SSSR count). The molecule has 1 fully saturated rings. The molecule has 20 heavy (non-hydrogen) atoms. The lowest BCUT2D eigenvalue weighted by Crippen LogP contribution is -2.36. The molecular weight excluding hydrogens is 274 g/mol. The zero-order valence-corrected chi connectivity index (χ0v) is 12.9. The third-order valence-electron chi connectivity index (χ3n) is 3.31. The van der Waals surface area contributed by atoms with Crippen LogP contribution in [0.25, 0.3) is 0 Å². The van der Waals surface area contributed by atoms with Crippen LogP contribution in [0.4, 0.5) is 0 Å². The van der Waals surface area contributed by atoms with Gasteiger partial charge in [-0.3, -0.25) is 4.90 Å². The maximum Gasteiger partial charge on any atom is 0.119 e. The van der Waals surface area contributed by atoms with Gasteiger partial charge in [-0.25, -0.2) is 0 Å². The number of rotatable bonds is 6. The highest BCUT2D eigenvalue weighted by atomic mass is 35.5. The summed E-state index contributed by atoms with van der Waals surface area (Å²) in [6.07, 6.45) is 5.33. The molecule has 1 aliphatic rings. The van der Waals surface area contributed by atoms with Crippen LogP contribution in [-0.2, 0) is 11.2 Å². The van der Waals surface area contributed by atoms with E-state index in [1.165, 1.54) is 5.56 Å². The lowest BCUT2D eigenvalue weighted by atomic mass is 10.2. The van der Waals surface area contributed by atoms with E-state index in [1.807, 2.05) is 12.1 Å². The Morgan fingerprint density at radius 2 is 1.85 bits per heavy atom. The molecule has 3 nitrogen and oxygen atoms in total. The molecule has 0 N–H and O–H groups in total. The number of halogens is 1. The second kappa shape index (κ2) is 9.81. The predicted molar refractivity (Wildman–Crippen MR) is 85.0 cm³/mol. The second-order valence-corrected chi connectivity index (χ2v) is 4.69. The largest absolute Gasteiger partial charge is 0.490 e. The molecule has 0 unspecified atom stereocenters. The summed E-state index contributed by atoms with van der Waals surface area (Å²) < 4.78 is 11.0. The molecule has 0 radical (unpaired) electrons. The third kappa shape index (κ3) is 5.95. The van der Waals surface area contributed by atoms with Gasteiger partial charge < -0.3 is 9.47 Å². The molecule has 0 aromatic heterocycles. The van der Waals surface area contributed by atoms with Crippen molar-refractivity contribution in [2.75, 3.05) is 39.5 Å². The van der Waals surface area contributed by atoms with Crippen LogP contribution in [0, 0.1) is 0 Å². The van der Waals surface area contributed by atoms with Crippen molar-refractivity contribution in [3.8, 4) is 5.75 Å². The molecule has 0 spiro atoms. The molecule has 4 heteroatoms. The third-order valence-corrected chi connectivity index (χ3v) is 3.31. The normalized spacial score (nSPS) is 16.1. The fourth-order valence-corrected chi connectivity index (χ4v) is 2.04. The van der Waals surface area contributed by atoms with E-state index >= 15 is 0 Å². The molecular formula is C16H24ClNO2. The highest BCUT2D eigenvalue weighted by Gasteiger charge is 2.07. The number of hydrogen-bond donors (Lipinski definition) is 0. The Labute approximate surface area is 128 Å². The molecule has 1 saturated heterocycles. The average molecular weight is 298 g/mol. The topological polar surface area (TPSA) is 21.7 Å². The summed E-state index contributed by atoms with van der Waals surface area (Å²) >= 11 is 0. The van der Waals surface area contributed by atoms with Crippen LogP contribution in [0.2, 0.25) is 0 Å². The van der Waals surface area contributed by atoms with Crippen molar-refractivity contribution in [1.29, 1.82) is 0 Å². The highest BCUT2D eigenvalue weighted by molar-refractivity contribution is 5.85. The Bertz CT molecular complexity index is 386. The number of ether oxygens (including phenoxy) is 2. The van der Waals surface area contributed by atoms with Crippen molar-refractivity contribution in [3.63, 3.8) is 0 Å². The van der Waals surface area contributed by atoms with Crippen molar-refractivity contribution in [1.82, 2.24) is 4.90 Å². The van der Waals surface area contributed by atoms with Gasteiger partial charge in [0.1, 0.15) is 12.4 Å². The molecule has 1 aromatic rings. The summed E-state index contributed by atoms with van der Waals surface area (Å²) in [6, 6.07) is 8.31. The van der Waals surface area contributed by atoms with Gasteiger partial charge in [0.15, 0.2) is 0 Å². The van der Waals surface area contributed by atoms with Gasteiger partial charge in [-0.1, -0.05) is 31.2 Å². The van der Waals surface area contributed by atoms with Gasteiger partial charge in [0.25, 0.3) is 0 Å². The fraction of sp³-hybridized carbons (Fsp3) is 0.500. The number of morpholine rings is 1. The SMILES string of the molecule is CCc1ccc(OCC=CCN2CCOCC2)cc1.Cl. The predicted octanol–water partition coefficient (Wildman–Crippen LogP) is 2.94. The van der Waals surface area contributed by atoms with E-state index in [2.05, 4.69) is 36.1 Å². The van der Waals surface area contributed by atoms with Gasteiger partial charge >= 0.3 is 0 Å². The molecule has 0 bridgehead atoms. The number of benzene rings is 1. The van der Waals surface area contributed by atoms with E-state index in [0.717, 1.165) is 45.0 Å². The number of nitrogens with zero attached hydrogens (tertiary/aromatic N) is 1. The smallest absolute Gasteiger partial charge is 0.119 e. The molecule has 1 aliphatic heterocycles. The van der Waals surface area contributed by atoms with Gasteiger partial charge in [0.05, 0.1) is 13.2 Å². The van der Waals surface area contributed by atoms with E-state index in [1.54, 1.807) is 0 Å². The van der Waals surface area contributed by atoms with Crippen molar-refractivity contribution < 1.29 is 9.47 Å². The van der Waals surface area contributed by atoms with Gasteiger partial charge in [-0.05, 0) is 24.1 Å². The Morgan fingerprint density at radius 3 is 2.50 bits per heavy atom. The Kier molecular flexibility index (Phi) is 8.35. The zero-order valence-electron chi connectivity index (χ0n) is 12.1. The standard InChI is InChI=1S/C16H23NO2.ClH/c1-2-15-5-7-16(8-6-15)19-12-4-3-9-17-10-13-18-14-11-17;/h3-8H,2,9-14H2,1H3;1H. The van der Waals surface area contributed by atoms with Gasteiger partial charge in [-0.2, -0.15) is 0 Å². The van der Waals surface area contributed by atoms with Gasteiger partial charge in [0, 0.05) is 19.6 Å². The van der Waals surface area contributed by atoms with Crippen molar-refractivity contribution in [2.45, 2.75) is 13.3 Å². The minimum atomic E-state index is 0. The Balaban J connectivity index is 0.00000200. The first kappa shape index (κ1) is 17.0. The molecule has 0 amide bonds. The molecule has 1 aromatic carbocycles. The average Bonchev–Trinajstić information content (AvgIpc) is 2.49. The summed E-state index contributed by atoms with van der Waals surface area (Å²) in [5, 5.41) is 0. The quantitative estimate of drug-likeness (QED) is 0.754. The van der Waals surface area contributed by atoms with Crippen molar-refractivity contribution in [3.05, 3.63) is 42.0 Å². The lowest BCUT2D eigenvalue weighted by molar-refractivity contribution is 0.0434. The second-order valence-electron chi connectivity index (χ2n) is 4.69. The van der Waals surface area contributed by atoms with Gasteiger partial charge in [-0.15, -0.1) is 12.4 Å². The molecule has 0 aliphatic carbocycles. The number of hydrogen-bond acceptors (Lipinski definition) is 3. The monoisotopic (exact) mass is 297 g/mol. The minimum Gasteiger partial charge on any atom is -0.490 e. The summed E-state index contributed by atoms with van der Waals surface area (Å²) in [7, 11) is 0. The van der Waals surface area contributed by atoms with Gasteiger partial charge in [0.2, 0.25) is 0 Å². The lowest BCUT2D eigenvalue weighted by Gasteiger charge is -2.25.